The van der Waals surface area contributed by atoms with Crippen molar-refractivity contribution in [3.8, 4) is 11.3 Å². The van der Waals surface area contributed by atoms with Gasteiger partial charge in [-0.3, -0.25) is 0 Å². The maximum Gasteiger partial charge on any atom is 0.222 e. The number of aryl methyl sites for hydroxylation is 1. The Hall–Kier alpha value is -2.14. The fourth-order valence-corrected chi connectivity index (χ4v) is 3.49. The number of fused-ring (bicyclic) bond motifs is 3. The summed E-state index contributed by atoms with van der Waals surface area (Å²) in [7, 11) is 0. The van der Waals surface area contributed by atoms with Crippen molar-refractivity contribution >= 4 is 11.8 Å². The Morgan fingerprint density at radius 2 is 2.09 bits per heavy atom. The van der Waals surface area contributed by atoms with Crippen molar-refractivity contribution < 1.29 is 0 Å². The maximum atomic E-state index is 5.99. The molecule has 23 heavy (non-hydrogen) atoms. The molecular weight excluding hydrogens is 286 g/mol. The molecule has 1 aromatic heterocycles. The van der Waals surface area contributed by atoms with Crippen LogP contribution in [-0.4, -0.2) is 29.1 Å². The van der Waals surface area contributed by atoms with E-state index in [9.17, 15) is 0 Å². The summed E-state index contributed by atoms with van der Waals surface area (Å²) < 4.78 is 0. The summed E-state index contributed by atoms with van der Waals surface area (Å²) in [6.45, 7) is 2.07. The molecule has 1 saturated heterocycles. The van der Waals surface area contributed by atoms with Crippen LogP contribution in [-0.2, 0) is 12.8 Å². The molecule has 1 unspecified atom stereocenters. The second-order valence-electron chi connectivity index (χ2n) is 6.42. The molecule has 1 aliphatic heterocycles. The zero-order valence-electron chi connectivity index (χ0n) is 13.3. The second kappa shape index (κ2) is 6.16. The van der Waals surface area contributed by atoms with Crippen LogP contribution in [0.25, 0.3) is 11.3 Å². The lowest BCUT2D eigenvalue weighted by Crippen LogP contribution is -2.43. The van der Waals surface area contributed by atoms with Gasteiger partial charge in [-0.25, -0.2) is 4.98 Å². The van der Waals surface area contributed by atoms with E-state index in [2.05, 4.69) is 44.9 Å². The van der Waals surface area contributed by atoms with Crippen LogP contribution >= 0.6 is 0 Å². The fourth-order valence-electron chi connectivity index (χ4n) is 3.49. The third-order valence-corrected chi connectivity index (χ3v) is 4.88. The van der Waals surface area contributed by atoms with E-state index >= 15 is 0 Å². The first-order chi connectivity index (χ1) is 11.3. The normalized spacial score (nSPS) is 19.2. The average molecular weight is 309 g/mol. The van der Waals surface area contributed by atoms with Crippen molar-refractivity contribution in [3.05, 3.63) is 35.4 Å². The molecule has 0 spiro atoms. The molecular formula is C18H23N5. The molecule has 0 saturated carbocycles. The topological polar surface area (TPSA) is 75.9 Å². The summed E-state index contributed by atoms with van der Waals surface area (Å²) in [5.74, 6) is 1.27. The highest BCUT2D eigenvalue weighted by Crippen LogP contribution is 2.34. The van der Waals surface area contributed by atoms with Crippen LogP contribution in [0.2, 0.25) is 0 Å². The van der Waals surface area contributed by atoms with E-state index in [1.165, 1.54) is 23.1 Å². The Morgan fingerprint density at radius 3 is 2.91 bits per heavy atom. The van der Waals surface area contributed by atoms with E-state index in [-0.39, 0.29) is 0 Å². The summed E-state index contributed by atoms with van der Waals surface area (Å²) in [6, 6.07) is 9.16. The number of nitrogens with one attached hydrogen (secondary N) is 2. The smallest absolute Gasteiger partial charge is 0.222 e. The van der Waals surface area contributed by atoms with E-state index in [1.807, 2.05) is 0 Å². The molecule has 1 aromatic carbocycles. The van der Waals surface area contributed by atoms with Crippen LogP contribution in [0.15, 0.2) is 24.3 Å². The van der Waals surface area contributed by atoms with Gasteiger partial charge in [0.15, 0.2) is 0 Å². The summed E-state index contributed by atoms with van der Waals surface area (Å²) in [5, 5.41) is 6.93. The molecule has 0 bridgehead atoms. The predicted octanol–water partition coefficient (Wildman–Crippen LogP) is 2.38. The lowest BCUT2D eigenvalue weighted by Gasteiger charge is -2.27. The Balaban J connectivity index is 1.65. The van der Waals surface area contributed by atoms with Gasteiger partial charge in [0.2, 0.25) is 5.95 Å². The first-order valence-corrected chi connectivity index (χ1v) is 8.53. The maximum absolute atomic E-state index is 5.99. The lowest BCUT2D eigenvalue weighted by molar-refractivity contribution is 0.357. The van der Waals surface area contributed by atoms with Crippen LogP contribution in [0.5, 0.6) is 0 Å². The average Bonchev–Trinajstić information content (AvgIpc) is 2.69. The first-order valence-electron chi connectivity index (χ1n) is 8.53. The Morgan fingerprint density at radius 1 is 1.22 bits per heavy atom. The van der Waals surface area contributed by atoms with Crippen molar-refractivity contribution in [1.82, 2.24) is 15.3 Å². The molecule has 2 aromatic rings. The molecule has 1 aliphatic carbocycles. The van der Waals surface area contributed by atoms with E-state index < -0.39 is 0 Å². The van der Waals surface area contributed by atoms with Gasteiger partial charge < -0.3 is 16.4 Å². The van der Waals surface area contributed by atoms with Gasteiger partial charge in [0.1, 0.15) is 5.82 Å². The van der Waals surface area contributed by atoms with Gasteiger partial charge in [0, 0.05) is 23.7 Å². The molecule has 120 valence electrons. The van der Waals surface area contributed by atoms with Gasteiger partial charge in [-0.15, -0.1) is 0 Å². The molecule has 5 nitrogen and oxygen atoms in total. The number of nitrogen functional groups attached to an aromatic ring is 1. The monoisotopic (exact) mass is 309 g/mol. The SMILES string of the molecule is Nc1nc(NCCC2CCN2)c2c(n1)-c1ccccc1CCC2. The van der Waals surface area contributed by atoms with Gasteiger partial charge >= 0.3 is 0 Å². The summed E-state index contributed by atoms with van der Waals surface area (Å²) >= 11 is 0. The van der Waals surface area contributed by atoms with Crippen molar-refractivity contribution in [1.29, 1.82) is 0 Å². The predicted molar refractivity (Wildman–Crippen MR) is 93.4 cm³/mol. The molecule has 4 rings (SSSR count). The van der Waals surface area contributed by atoms with Gasteiger partial charge in [0.05, 0.1) is 5.69 Å². The van der Waals surface area contributed by atoms with Crippen molar-refractivity contribution in [2.24, 2.45) is 0 Å². The molecule has 0 amide bonds. The van der Waals surface area contributed by atoms with Crippen molar-refractivity contribution in [2.75, 3.05) is 24.1 Å². The van der Waals surface area contributed by atoms with Crippen molar-refractivity contribution in [2.45, 2.75) is 38.1 Å². The molecule has 1 fully saturated rings. The van der Waals surface area contributed by atoms with E-state index in [4.69, 9.17) is 5.73 Å². The highest BCUT2D eigenvalue weighted by Gasteiger charge is 2.21. The van der Waals surface area contributed by atoms with E-state index in [0.717, 1.165) is 50.3 Å². The Kier molecular flexibility index (Phi) is 3.87. The van der Waals surface area contributed by atoms with Crippen molar-refractivity contribution in [3.63, 3.8) is 0 Å². The van der Waals surface area contributed by atoms with Gasteiger partial charge in [-0.05, 0) is 44.2 Å². The highest BCUT2D eigenvalue weighted by atomic mass is 15.1. The molecule has 5 heteroatoms. The number of aromatic nitrogens is 2. The van der Waals surface area contributed by atoms with E-state index in [1.54, 1.807) is 0 Å². The number of benzene rings is 1. The summed E-state index contributed by atoms with van der Waals surface area (Å²) in [4.78, 5) is 9.04. The summed E-state index contributed by atoms with van der Waals surface area (Å²) in [6.07, 6.45) is 5.59. The van der Waals surface area contributed by atoms with Crippen LogP contribution < -0.4 is 16.4 Å². The summed E-state index contributed by atoms with van der Waals surface area (Å²) in [5.41, 5.74) is 10.8. The highest BCUT2D eigenvalue weighted by molar-refractivity contribution is 5.73. The molecule has 2 aliphatic rings. The minimum atomic E-state index is 0.352. The number of nitrogens with two attached hydrogens (primary N) is 1. The zero-order valence-corrected chi connectivity index (χ0v) is 13.3. The quantitative estimate of drug-likeness (QED) is 0.808. The number of rotatable bonds is 4. The third-order valence-electron chi connectivity index (χ3n) is 4.88. The van der Waals surface area contributed by atoms with E-state index in [0.29, 0.717) is 12.0 Å². The zero-order chi connectivity index (χ0) is 15.6. The Labute approximate surface area is 136 Å². The van der Waals surface area contributed by atoms with Crippen LogP contribution in [0, 0.1) is 0 Å². The van der Waals surface area contributed by atoms with Crippen LogP contribution in [0.3, 0.4) is 0 Å². The van der Waals surface area contributed by atoms with Gasteiger partial charge in [0.25, 0.3) is 0 Å². The second-order valence-corrected chi connectivity index (χ2v) is 6.42. The standard InChI is InChI=1S/C18H23N5/c19-18-22-16-14-6-2-1-4-12(14)5-3-7-15(16)17(23-18)21-11-9-13-8-10-20-13/h1-2,4,6,13,20H,3,5,7-11H2,(H3,19,21,22,23). The first kappa shape index (κ1) is 14.5. The Bertz CT molecular complexity index is 709. The van der Waals surface area contributed by atoms with Gasteiger partial charge in [-0.2, -0.15) is 4.98 Å². The number of hydrogen-bond donors (Lipinski definition) is 3. The molecule has 1 atom stereocenters. The van der Waals surface area contributed by atoms with Crippen LogP contribution in [0.1, 0.15) is 30.4 Å². The lowest BCUT2D eigenvalue weighted by atomic mass is 10.0. The fraction of sp³-hybridized carbons (Fsp3) is 0.444. The van der Waals surface area contributed by atoms with Gasteiger partial charge in [-0.1, -0.05) is 24.3 Å². The van der Waals surface area contributed by atoms with Crippen LogP contribution in [0.4, 0.5) is 11.8 Å². The minimum absolute atomic E-state index is 0.352. The molecule has 4 N–H and O–H groups in total. The molecule has 0 radical (unpaired) electrons. The minimum Gasteiger partial charge on any atom is -0.370 e. The number of anilines is 2. The molecule has 2 heterocycles. The largest absolute Gasteiger partial charge is 0.370 e. The third kappa shape index (κ3) is 2.88. The number of hydrogen-bond acceptors (Lipinski definition) is 5. The number of nitrogens with zero attached hydrogens (tertiary/aromatic N) is 2.